The SMILES string of the molecule is CC(C)c1ccc(Br)cn1.CC(C)c1ccc(F)cn1.CC(C)c1ccccn1.CC(C)c1ncc(Br)cn1.CC(C)c1ncc(C2CC2)cn1.CC(C)c1ncc(F)cn1.CC(C)c1ncccn1. The van der Waals surface area contributed by atoms with Gasteiger partial charge in [0, 0.05) is 94.8 Å². The molecular weight excluding hydrogens is 1010 g/mol. The van der Waals surface area contributed by atoms with Crippen molar-refractivity contribution in [3.05, 3.63) is 183 Å². The molecule has 1 saturated carbocycles. The van der Waals surface area contributed by atoms with Crippen LogP contribution in [0.4, 0.5) is 8.78 Å². The quantitative estimate of drug-likeness (QED) is 0.144. The van der Waals surface area contributed by atoms with Crippen molar-refractivity contribution in [1.29, 1.82) is 0 Å². The van der Waals surface area contributed by atoms with E-state index >= 15 is 0 Å². The predicted octanol–water partition coefficient (Wildman–Crippen LogP) is 15.7. The lowest BCUT2D eigenvalue weighted by Gasteiger charge is -2.03. The van der Waals surface area contributed by atoms with Gasteiger partial charge in [-0.3, -0.25) is 15.0 Å². The Morgan fingerprint density at radius 2 is 0.729 bits per heavy atom. The van der Waals surface area contributed by atoms with Crippen molar-refractivity contribution < 1.29 is 8.78 Å². The molecule has 7 aromatic heterocycles. The number of rotatable bonds is 8. The van der Waals surface area contributed by atoms with E-state index in [1.165, 1.54) is 43.1 Å². The van der Waals surface area contributed by atoms with E-state index in [1.807, 2.05) is 88.9 Å². The lowest BCUT2D eigenvalue weighted by molar-refractivity contribution is 0.604. The average Bonchev–Trinajstić information content (AvgIpc) is 4.20. The Bertz CT molecular complexity index is 2120. The van der Waals surface area contributed by atoms with Crippen LogP contribution >= 0.6 is 31.9 Å². The summed E-state index contributed by atoms with van der Waals surface area (Å²) in [7, 11) is 0. The highest BCUT2D eigenvalue weighted by molar-refractivity contribution is 9.10. The molecule has 0 bridgehead atoms. The molecular formula is C55H73Br2F2N11. The molecule has 0 aromatic carbocycles. The topological polar surface area (TPSA) is 142 Å². The van der Waals surface area contributed by atoms with Crippen LogP contribution in [0.2, 0.25) is 0 Å². The summed E-state index contributed by atoms with van der Waals surface area (Å²) < 4.78 is 26.5. The van der Waals surface area contributed by atoms with Gasteiger partial charge in [0.2, 0.25) is 0 Å². The van der Waals surface area contributed by atoms with Gasteiger partial charge < -0.3 is 0 Å². The van der Waals surface area contributed by atoms with Gasteiger partial charge in [-0.15, -0.1) is 0 Å². The maximum Gasteiger partial charge on any atom is 0.159 e. The Morgan fingerprint density at radius 1 is 0.357 bits per heavy atom. The van der Waals surface area contributed by atoms with E-state index in [-0.39, 0.29) is 17.6 Å². The van der Waals surface area contributed by atoms with Crippen LogP contribution in [0.15, 0.2) is 126 Å². The first-order valence-electron chi connectivity index (χ1n) is 23.9. The van der Waals surface area contributed by atoms with E-state index in [4.69, 9.17) is 0 Å². The Labute approximate surface area is 433 Å². The second kappa shape index (κ2) is 33.2. The molecule has 1 fully saturated rings. The maximum atomic E-state index is 12.3. The number of aromatic nitrogens is 11. The Balaban J connectivity index is 0.000000281. The van der Waals surface area contributed by atoms with Crippen molar-refractivity contribution in [3.63, 3.8) is 0 Å². The largest absolute Gasteiger partial charge is 0.261 e. The van der Waals surface area contributed by atoms with Crippen LogP contribution in [0.3, 0.4) is 0 Å². The van der Waals surface area contributed by atoms with Crippen LogP contribution in [-0.4, -0.2) is 54.8 Å². The van der Waals surface area contributed by atoms with Crippen molar-refractivity contribution in [2.75, 3.05) is 0 Å². The smallest absolute Gasteiger partial charge is 0.159 e. The van der Waals surface area contributed by atoms with Crippen LogP contribution in [0.1, 0.15) is 203 Å². The maximum absolute atomic E-state index is 12.3. The van der Waals surface area contributed by atoms with E-state index < -0.39 is 0 Å². The molecule has 376 valence electrons. The molecule has 0 radical (unpaired) electrons. The van der Waals surface area contributed by atoms with E-state index in [0.717, 1.165) is 49.4 Å². The molecule has 0 unspecified atom stereocenters. The molecule has 7 aromatic rings. The number of pyridine rings is 3. The van der Waals surface area contributed by atoms with E-state index in [1.54, 1.807) is 30.9 Å². The molecule has 15 heteroatoms. The summed E-state index contributed by atoms with van der Waals surface area (Å²) in [6.45, 7) is 29.1. The zero-order chi connectivity index (χ0) is 52.2. The fraction of sp³-hybridized carbons (Fsp3) is 0.436. The molecule has 7 heterocycles. The molecule has 0 aliphatic heterocycles. The molecule has 0 N–H and O–H groups in total. The molecule has 1 aliphatic rings. The highest BCUT2D eigenvalue weighted by atomic mass is 79.9. The molecule has 11 nitrogen and oxygen atoms in total. The van der Waals surface area contributed by atoms with Crippen LogP contribution < -0.4 is 0 Å². The Morgan fingerprint density at radius 3 is 1.07 bits per heavy atom. The average molecular weight is 1090 g/mol. The van der Waals surface area contributed by atoms with E-state index in [0.29, 0.717) is 41.3 Å². The van der Waals surface area contributed by atoms with Crippen LogP contribution in [0.25, 0.3) is 0 Å². The van der Waals surface area contributed by atoms with Crippen LogP contribution in [0.5, 0.6) is 0 Å². The molecule has 0 spiro atoms. The molecule has 0 saturated heterocycles. The minimum Gasteiger partial charge on any atom is -0.261 e. The third-order valence-electron chi connectivity index (χ3n) is 9.64. The fourth-order valence-electron chi connectivity index (χ4n) is 5.30. The van der Waals surface area contributed by atoms with E-state index in [9.17, 15) is 8.78 Å². The minimum absolute atomic E-state index is 0.264. The monoisotopic (exact) mass is 1080 g/mol. The second-order valence-corrected chi connectivity index (χ2v) is 20.2. The van der Waals surface area contributed by atoms with Crippen molar-refractivity contribution in [1.82, 2.24) is 54.8 Å². The van der Waals surface area contributed by atoms with Crippen molar-refractivity contribution in [2.24, 2.45) is 0 Å². The van der Waals surface area contributed by atoms with Gasteiger partial charge in [-0.05, 0) is 116 Å². The lowest BCUT2D eigenvalue weighted by Crippen LogP contribution is -1.97. The fourth-order valence-corrected chi connectivity index (χ4v) is 5.74. The van der Waals surface area contributed by atoms with Crippen molar-refractivity contribution >= 4 is 31.9 Å². The van der Waals surface area contributed by atoms with Crippen LogP contribution in [0, 0.1) is 11.6 Å². The van der Waals surface area contributed by atoms with Gasteiger partial charge in [0.05, 0.1) is 23.1 Å². The zero-order valence-corrected chi connectivity index (χ0v) is 46.6. The van der Waals surface area contributed by atoms with Gasteiger partial charge in [-0.25, -0.2) is 48.7 Å². The number of halogens is 4. The van der Waals surface area contributed by atoms with Crippen LogP contribution in [-0.2, 0) is 0 Å². The number of hydrogen-bond donors (Lipinski definition) is 0. The highest BCUT2D eigenvalue weighted by Gasteiger charge is 2.24. The van der Waals surface area contributed by atoms with Gasteiger partial charge in [-0.1, -0.05) is 103 Å². The summed E-state index contributed by atoms with van der Waals surface area (Å²) >= 11 is 6.60. The second-order valence-electron chi connectivity index (χ2n) is 18.4. The summed E-state index contributed by atoms with van der Waals surface area (Å²) in [5.74, 6) is 6.56. The number of nitrogens with zero attached hydrogens (tertiary/aromatic N) is 11. The van der Waals surface area contributed by atoms with E-state index in [2.05, 4.69) is 156 Å². The molecule has 0 atom stereocenters. The Kier molecular flexibility index (Phi) is 28.8. The van der Waals surface area contributed by atoms with Gasteiger partial charge >= 0.3 is 0 Å². The molecule has 70 heavy (non-hydrogen) atoms. The standard InChI is InChI=1S/C10H14N2.C8H10BrN.C8H10FN.C8H11N.C7H9BrN2.C7H9FN2.C7H10N2/c1-7(2)10-11-5-9(6-12-10)8-3-4-8;2*1-6(2)8-4-3-7(9)5-10-8;1-7(2)8-5-3-4-6-9-8;2*1-5(2)7-9-3-6(8)4-10-7;1-6(2)7-8-4-3-5-9-7/h5-8H,3-4H2,1-2H3;2*3-6H,1-2H3;3-7H,1-2H3;2*3-5H,1-2H3;3-6H,1-2H3. The molecule has 8 rings (SSSR count). The van der Waals surface area contributed by atoms with Gasteiger partial charge in [0.15, 0.2) is 5.82 Å². The van der Waals surface area contributed by atoms with Crippen molar-refractivity contribution in [3.8, 4) is 0 Å². The predicted molar refractivity (Wildman–Crippen MR) is 287 cm³/mol. The summed E-state index contributed by atoms with van der Waals surface area (Å²) in [6.07, 6.45) is 21.0. The molecule has 0 amide bonds. The number of hydrogen-bond acceptors (Lipinski definition) is 11. The minimum atomic E-state index is -0.385. The summed E-state index contributed by atoms with van der Waals surface area (Å²) in [4.78, 5) is 44.9. The first kappa shape index (κ1) is 60.7. The first-order chi connectivity index (χ1) is 33.2. The summed E-state index contributed by atoms with van der Waals surface area (Å²) in [5, 5.41) is 0. The first-order valence-corrected chi connectivity index (χ1v) is 25.4. The highest BCUT2D eigenvalue weighted by Crippen LogP contribution is 2.39. The lowest BCUT2D eigenvalue weighted by atomic mass is 10.1. The van der Waals surface area contributed by atoms with Gasteiger partial charge in [0.25, 0.3) is 0 Å². The zero-order valence-electron chi connectivity index (χ0n) is 43.4. The summed E-state index contributed by atoms with van der Waals surface area (Å²) in [6, 6.07) is 15.0. The summed E-state index contributed by atoms with van der Waals surface area (Å²) in [5.41, 5.74) is 4.56. The third-order valence-corrected chi connectivity index (χ3v) is 10.5. The molecule has 1 aliphatic carbocycles. The normalized spacial score (nSPS) is 11.4. The van der Waals surface area contributed by atoms with Crippen molar-refractivity contribution in [2.45, 2.75) is 157 Å². The van der Waals surface area contributed by atoms with Gasteiger partial charge in [-0.2, -0.15) is 0 Å². The van der Waals surface area contributed by atoms with Gasteiger partial charge in [0.1, 0.15) is 29.1 Å². The Hall–Kier alpha value is -5.41. The third kappa shape index (κ3) is 26.0.